The first-order valence-corrected chi connectivity index (χ1v) is 7.39. The van der Waals surface area contributed by atoms with Crippen LogP contribution in [-0.2, 0) is 11.3 Å². The van der Waals surface area contributed by atoms with Gasteiger partial charge in [0.1, 0.15) is 5.82 Å². The number of ether oxygens (including phenoxy) is 1. The average Bonchev–Trinajstić information content (AvgIpc) is 2.39. The molecule has 21 heavy (non-hydrogen) atoms. The fourth-order valence-electron chi connectivity index (χ4n) is 1.76. The van der Waals surface area contributed by atoms with Crippen molar-refractivity contribution < 1.29 is 4.74 Å². The third-order valence-electron chi connectivity index (χ3n) is 2.69. The van der Waals surface area contributed by atoms with Crippen LogP contribution in [0.5, 0.6) is 0 Å². The fourth-order valence-corrected chi connectivity index (χ4v) is 2.03. The summed E-state index contributed by atoms with van der Waals surface area (Å²) in [6.45, 7) is 4.88. The van der Waals surface area contributed by atoms with Crippen LogP contribution < -0.4 is 11.1 Å². The zero-order chi connectivity index (χ0) is 15.2. The van der Waals surface area contributed by atoms with E-state index in [4.69, 9.17) is 10.5 Å². The van der Waals surface area contributed by atoms with E-state index in [1.165, 1.54) is 0 Å². The molecule has 0 aliphatic heterocycles. The minimum absolute atomic E-state index is 0.0710. The van der Waals surface area contributed by atoms with E-state index in [-0.39, 0.29) is 12.0 Å². The number of benzene rings is 1. The molecule has 1 unspecified atom stereocenters. The topological polar surface area (TPSA) is 86.0 Å². The van der Waals surface area contributed by atoms with E-state index in [2.05, 4.69) is 36.2 Å². The molecule has 6 nitrogen and oxygen atoms in total. The highest BCUT2D eigenvalue weighted by Gasteiger charge is 2.06. The predicted molar refractivity (Wildman–Crippen MR) is 85.9 cm³/mol. The Hall–Kier alpha value is -1.73. The van der Waals surface area contributed by atoms with Crippen LogP contribution in [0.15, 0.2) is 28.7 Å². The predicted octanol–water partition coefficient (Wildman–Crippen LogP) is 2.54. The van der Waals surface area contributed by atoms with Gasteiger partial charge in [-0.1, -0.05) is 28.1 Å². The largest absolute Gasteiger partial charge is 0.375 e. The molecule has 7 heteroatoms. The smallest absolute Gasteiger partial charge is 0.228 e. The number of nitrogens with zero attached hydrogens (tertiary/aromatic N) is 3. The van der Waals surface area contributed by atoms with Crippen molar-refractivity contribution in [2.75, 3.05) is 17.7 Å². The van der Waals surface area contributed by atoms with Crippen LogP contribution in [0, 0.1) is 6.92 Å². The Morgan fingerprint density at radius 1 is 1.24 bits per heavy atom. The first-order valence-electron chi connectivity index (χ1n) is 6.60. The van der Waals surface area contributed by atoms with Crippen LogP contribution in [0.4, 0.5) is 11.9 Å². The maximum Gasteiger partial charge on any atom is 0.228 e. The van der Waals surface area contributed by atoms with Crippen molar-refractivity contribution in [3.05, 3.63) is 40.1 Å². The van der Waals surface area contributed by atoms with Gasteiger partial charge in [0, 0.05) is 10.5 Å². The van der Waals surface area contributed by atoms with Crippen LogP contribution in [0.2, 0.25) is 0 Å². The van der Waals surface area contributed by atoms with Crippen molar-refractivity contribution in [3.63, 3.8) is 0 Å². The molecule has 0 radical (unpaired) electrons. The maximum atomic E-state index is 5.67. The Kier molecular flexibility index (Phi) is 5.46. The fraction of sp³-hybridized carbons (Fsp3) is 0.357. The molecule has 0 saturated carbocycles. The molecule has 1 aromatic carbocycles. The van der Waals surface area contributed by atoms with Crippen LogP contribution in [0.25, 0.3) is 0 Å². The molecule has 0 amide bonds. The molecule has 0 fully saturated rings. The summed E-state index contributed by atoms with van der Waals surface area (Å²) in [4.78, 5) is 12.1. The van der Waals surface area contributed by atoms with Crippen LogP contribution in [-0.4, -0.2) is 27.6 Å². The second-order valence-corrected chi connectivity index (χ2v) is 5.67. The molecule has 3 N–H and O–H groups in total. The molecule has 0 spiro atoms. The third kappa shape index (κ3) is 5.28. The summed E-state index contributed by atoms with van der Waals surface area (Å²) in [5.74, 6) is 1.28. The summed E-state index contributed by atoms with van der Waals surface area (Å²) in [7, 11) is 0. The lowest BCUT2D eigenvalue weighted by atomic mass is 10.2. The van der Waals surface area contributed by atoms with Crippen molar-refractivity contribution >= 4 is 27.8 Å². The number of nitrogens with two attached hydrogens (primary N) is 1. The number of nitrogens with one attached hydrogen (secondary N) is 1. The van der Waals surface area contributed by atoms with Crippen molar-refractivity contribution in [2.24, 2.45) is 0 Å². The molecule has 1 heterocycles. The summed E-state index contributed by atoms with van der Waals surface area (Å²) in [5, 5.41) is 3.14. The number of nitrogen functional groups attached to an aromatic ring is 1. The minimum atomic E-state index is 0.0710. The minimum Gasteiger partial charge on any atom is -0.375 e. The van der Waals surface area contributed by atoms with Crippen LogP contribution in [0.3, 0.4) is 0 Å². The Balaban J connectivity index is 1.79. The zero-order valence-corrected chi connectivity index (χ0v) is 13.6. The van der Waals surface area contributed by atoms with E-state index >= 15 is 0 Å². The number of rotatable bonds is 6. The maximum absolute atomic E-state index is 5.67. The Morgan fingerprint density at radius 2 is 1.95 bits per heavy atom. The van der Waals surface area contributed by atoms with E-state index < -0.39 is 0 Å². The Morgan fingerprint density at radius 3 is 2.62 bits per heavy atom. The van der Waals surface area contributed by atoms with E-state index in [0.717, 1.165) is 10.0 Å². The van der Waals surface area contributed by atoms with Gasteiger partial charge in [-0.05, 0) is 31.5 Å². The van der Waals surface area contributed by atoms with Gasteiger partial charge < -0.3 is 15.8 Å². The Bertz CT molecular complexity index is 570. The molecule has 0 aliphatic carbocycles. The van der Waals surface area contributed by atoms with E-state index in [1.807, 2.05) is 31.2 Å². The highest BCUT2D eigenvalue weighted by atomic mass is 79.9. The van der Waals surface area contributed by atoms with Gasteiger partial charge in [-0.2, -0.15) is 15.0 Å². The number of hydrogen-bond donors (Lipinski definition) is 2. The monoisotopic (exact) mass is 351 g/mol. The molecule has 0 saturated heterocycles. The third-order valence-corrected chi connectivity index (χ3v) is 3.22. The van der Waals surface area contributed by atoms with Gasteiger partial charge in [0.15, 0.2) is 0 Å². The first-order chi connectivity index (χ1) is 10.0. The summed E-state index contributed by atoms with van der Waals surface area (Å²) in [6.07, 6.45) is 0. The average molecular weight is 352 g/mol. The number of aromatic nitrogens is 3. The van der Waals surface area contributed by atoms with Crippen molar-refractivity contribution in [1.82, 2.24) is 15.0 Å². The number of hydrogen-bond acceptors (Lipinski definition) is 6. The van der Waals surface area contributed by atoms with Gasteiger partial charge in [0.05, 0.1) is 13.2 Å². The normalized spacial score (nSPS) is 12.1. The second kappa shape index (κ2) is 7.33. The number of halogens is 1. The molecule has 2 aromatic rings. The molecular weight excluding hydrogens is 334 g/mol. The number of anilines is 2. The van der Waals surface area contributed by atoms with E-state index in [1.54, 1.807) is 6.92 Å². The zero-order valence-electron chi connectivity index (χ0n) is 12.0. The van der Waals surface area contributed by atoms with Gasteiger partial charge >= 0.3 is 0 Å². The number of aryl methyl sites for hydroxylation is 1. The van der Waals surface area contributed by atoms with Crippen LogP contribution in [0.1, 0.15) is 18.3 Å². The summed E-state index contributed by atoms with van der Waals surface area (Å²) >= 11 is 3.41. The van der Waals surface area contributed by atoms with E-state index in [9.17, 15) is 0 Å². The van der Waals surface area contributed by atoms with Crippen molar-refractivity contribution in [3.8, 4) is 0 Å². The van der Waals surface area contributed by atoms with Gasteiger partial charge in [-0.25, -0.2) is 0 Å². The molecule has 0 bridgehead atoms. The van der Waals surface area contributed by atoms with Gasteiger partial charge in [0.2, 0.25) is 11.9 Å². The molecule has 2 rings (SSSR count). The summed E-state index contributed by atoms with van der Waals surface area (Å²) in [5.41, 5.74) is 6.72. The molecule has 1 aromatic heterocycles. The molecule has 1 atom stereocenters. The van der Waals surface area contributed by atoms with Crippen LogP contribution >= 0.6 is 15.9 Å². The summed E-state index contributed by atoms with van der Waals surface area (Å²) in [6, 6.07) is 8.12. The highest BCUT2D eigenvalue weighted by molar-refractivity contribution is 9.10. The molecule has 112 valence electrons. The van der Waals surface area contributed by atoms with Gasteiger partial charge in [-0.15, -0.1) is 0 Å². The van der Waals surface area contributed by atoms with Gasteiger partial charge in [-0.3, -0.25) is 0 Å². The molecular formula is C14H18BrN5O. The van der Waals surface area contributed by atoms with E-state index in [0.29, 0.717) is 25.0 Å². The lowest BCUT2D eigenvalue weighted by Crippen LogP contribution is -2.23. The lowest BCUT2D eigenvalue weighted by molar-refractivity contribution is 0.115. The SMILES string of the molecule is Cc1nc(N)nc(NC(C)COCc2ccc(Br)cc2)n1. The molecule has 0 aliphatic rings. The highest BCUT2D eigenvalue weighted by Crippen LogP contribution is 2.11. The van der Waals surface area contributed by atoms with Crippen molar-refractivity contribution in [1.29, 1.82) is 0 Å². The Labute approximate surface area is 132 Å². The first kappa shape index (κ1) is 15.7. The standard InChI is InChI=1S/C14H18BrN5O/c1-9(17-14-19-10(2)18-13(16)20-14)7-21-8-11-3-5-12(15)6-4-11/h3-6,9H,7-8H2,1-2H3,(H3,16,17,18,19,20). The quantitative estimate of drug-likeness (QED) is 0.831. The second-order valence-electron chi connectivity index (χ2n) is 4.75. The van der Waals surface area contributed by atoms with Crippen molar-refractivity contribution in [2.45, 2.75) is 26.5 Å². The lowest BCUT2D eigenvalue weighted by Gasteiger charge is -2.14. The van der Waals surface area contributed by atoms with Gasteiger partial charge in [0.25, 0.3) is 0 Å². The summed E-state index contributed by atoms with van der Waals surface area (Å²) < 4.78 is 6.73.